The average Bonchev–Trinajstić information content (AvgIpc) is 3.81. The Balaban J connectivity index is 0.000000136. The average molecular weight is 729 g/mol. The van der Waals surface area contributed by atoms with Crippen molar-refractivity contribution in [2.45, 2.75) is 51.9 Å². The molecule has 0 amide bonds. The first kappa shape index (κ1) is 35.0. The highest BCUT2D eigenvalue weighted by atomic mass is 32.3. The topological polar surface area (TPSA) is 92.2 Å². The predicted octanol–water partition coefficient (Wildman–Crippen LogP) is 6.75. The van der Waals surface area contributed by atoms with Gasteiger partial charge in [0.05, 0.1) is 34.2 Å². The van der Waals surface area contributed by atoms with Gasteiger partial charge in [0.2, 0.25) is 0 Å². The molecule has 0 N–H and O–H groups in total. The molecule has 3 fully saturated rings. The van der Waals surface area contributed by atoms with Gasteiger partial charge in [-0.05, 0) is 49.9 Å². The summed E-state index contributed by atoms with van der Waals surface area (Å²) in [5, 5.41) is -9.64. The van der Waals surface area contributed by atoms with E-state index >= 15 is 0 Å². The number of aromatic nitrogens is 2. The summed E-state index contributed by atoms with van der Waals surface area (Å²) < 4.78 is 121. The van der Waals surface area contributed by atoms with Gasteiger partial charge in [-0.3, -0.25) is 0 Å². The Kier molecular flexibility index (Phi) is 9.58. The van der Waals surface area contributed by atoms with Crippen LogP contribution in [0.15, 0.2) is 70.7 Å². The predicted molar refractivity (Wildman–Crippen MR) is 171 cm³/mol. The van der Waals surface area contributed by atoms with Gasteiger partial charge < -0.3 is 13.3 Å². The largest absolute Gasteiger partial charge is 0.425 e. The van der Waals surface area contributed by atoms with E-state index in [1.807, 2.05) is 0 Å². The van der Waals surface area contributed by atoms with Crippen molar-refractivity contribution in [3.8, 4) is 0 Å². The second-order valence-electron chi connectivity index (χ2n) is 11.1. The molecule has 17 heteroatoms. The molecule has 4 aromatic rings. The molecule has 252 valence electrons. The molecule has 3 aliphatic heterocycles. The number of sulfonamides is 2. The maximum atomic E-state index is 12.4. The van der Waals surface area contributed by atoms with Crippen molar-refractivity contribution in [2.24, 2.45) is 14.1 Å². The molecular weight excluding hydrogens is 697 g/mol. The highest BCUT2D eigenvalue weighted by molar-refractivity contribution is 8.13. The van der Waals surface area contributed by atoms with Gasteiger partial charge in [-0.15, -0.1) is 0 Å². The van der Waals surface area contributed by atoms with Crippen molar-refractivity contribution in [1.82, 2.24) is 9.13 Å². The maximum Gasteiger partial charge on any atom is 0.399 e. The molecule has 7 rings (SSSR count). The number of para-hydroxylation sites is 2. The van der Waals surface area contributed by atoms with E-state index in [-0.39, 0.29) is 0 Å². The first-order valence-electron chi connectivity index (χ1n) is 14.2. The summed E-state index contributed by atoms with van der Waals surface area (Å²) in [5.74, 6) is -0.955. The molecule has 3 aliphatic rings. The van der Waals surface area contributed by atoms with Crippen LogP contribution in [0.25, 0.3) is 25.9 Å². The summed E-state index contributed by atoms with van der Waals surface area (Å²) in [6.45, 7) is 0. The molecule has 7 nitrogen and oxygen atoms in total. The Hall–Kier alpha value is -2.34. The van der Waals surface area contributed by atoms with E-state index in [9.17, 15) is 43.2 Å². The number of nitrogens with zero attached hydrogens (tertiary/aromatic N) is 3. The van der Waals surface area contributed by atoms with Gasteiger partial charge in [0, 0.05) is 35.9 Å². The number of alkyl halides is 6. The van der Waals surface area contributed by atoms with Crippen LogP contribution < -0.4 is 0 Å². The second-order valence-corrected chi connectivity index (χ2v) is 19.1. The molecular formula is C29H32F6N3O4S4+. The zero-order valence-electron chi connectivity index (χ0n) is 24.8. The Morgan fingerprint density at radius 2 is 0.935 bits per heavy atom. The van der Waals surface area contributed by atoms with E-state index in [1.54, 1.807) is 9.79 Å². The molecule has 5 heterocycles. The zero-order valence-corrected chi connectivity index (χ0v) is 28.1. The van der Waals surface area contributed by atoms with E-state index in [2.05, 4.69) is 84.2 Å². The number of benzene rings is 2. The lowest BCUT2D eigenvalue weighted by Gasteiger charge is -2.42. The summed E-state index contributed by atoms with van der Waals surface area (Å²) in [5.41, 5.74) is 2.76. The van der Waals surface area contributed by atoms with Crippen LogP contribution in [0.1, 0.15) is 25.7 Å². The van der Waals surface area contributed by atoms with Crippen LogP contribution in [-0.4, -0.2) is 65.4 Å². The van der Waals surface area contributed by atoms with E-state index in [0.29, 0.717) is 21.8 Å². The Labute approximate surface area is 269 Å². The normalized spacial score (nSPS) is 23.0. The molecule has 0 aliphatic carbocycles. The van der Waals surface area contributed by atoms with Crippen LogP contribution in [-0.2, 0) is 55.9 Å². The SMILES string of the molecule is Cn1cc([S+]2CCCC2)c2ccccc21.Cn1cc([S+]2CCCC2)c2ccccc21.O=S1(=O)[N-]S(=O)(=O)C(F)(F)C(F)(F)C1(F)F. The summed E-state index contributed by atoms with van der Waals surface area (Å²) in [7, 11) is -7.76. The quantitative estimate of drug-likeness (QED) is 0.169. The van der Waals surface area contributed by atoms with E-state index in [0.717, 1.165) is 4.13 Å². The van der Waals surface area contributed by atoms with Gasteiger partial charge in [-0.25, -0.2) is 16.8 Å². The van der Waals surface area contributed by atoms with Crippen LogP contribution in [0.5, 0.6) is 0 Å². The molecule has 0 unspecified atom stereocenters. The molecule has 0 bridgehead atoms. The maximum absolute atomic E-state index is 12.4. The van der Waals surface area contributed by atoms with Gasteiger partial charge in [0.15, 0.2) is 29.8 Å². The minimum Gasteiger partial charge on any atom is -0.425 e. The molecule has 0 spiro atoms. The van der Waals surface area contributed by atoms with Gasteiger partial charge >= 0.3 is 16.4 Å². The van der Waals surface area contributed by atoms with Crippen molar-refractivity contribution >= 4 is 63.6 Å². The highest BCUT2D eigenvalue weighted by Crippen LogP contribution is 2.57. The Bertz CT molecular complexity index is 1810. The third-order valence-corrected chi connectivity index (χ3v) is 16.4. The third kappa shape index (κ3) is 5.94. The third-order valence-electron chi connectivity index (χ3n) is 7.98. The fourth-order valence-corrected chi connectivity index (χ4v) is 13.4. The summed E-state index contributed by atoms with van der Waals surface area (Å²) >= 11 is 0. The smallest absolute Gasteiger partial charge is 0.399 e. The minimum atomic E-state index is -6.60. The monoisotopic (exact) mass is 728 g/mol. The molecule has 46 heavy (non-hydrogen) atoms. The van der Waals surface area contributed by atoms with Crippen molar-refractivity contribution in [3.63, 3.8) is 0 Å². The zero-order chi connectivity index (χ0) is 33.7. The number of halogens is 6. The number of hydrogen-bond acceptors (Lipinski definition) is 4. The lowest BCUT2D eigenvalue weighted by molar-refractivity contribution is -0.244. The standard InChI is InChI=1S/2C13H16NS.C3F6NO4S2/c2*1-14-10-13(15-8-4-5-9-15)11-6-2-3-7-12(11)14;4-1(5)2(6,7)15(11,12)10-16(13,14)3(1,8)9/h2*2-3,6-7,10H,4-5,8-9H2,1H3;/q2*+1;-1. The van der Waals surface area contributed by atoms with Crippen LogP contribution in [0, 0.1) is 0 Å². The second kappa shape index (κ2) is 12.6. The fourth-order valence-electron chi connectivity index (χ4n) is 5.53. The van der Waals surface area contributed by atoms with Crippen molar-refractivity contribution in [2.75, 3.05) is 23.0 Å². The number of hydrogen-bond donors (Lipinski definition) is 0. The van der Waals surface area contributed by atoms with Crippen LogP contribution in [0.2, 0.25) is 0 Å². The first-order chi connectivity index (χ1) is 21.4. The van der Waals surface area contributed by atoms with Gasteiger partial charge in [-0.1, -0.05) is 24.3 Å². The molecule has 0 saturated carbocycles. The van der Waals surface area contributed by atoms with E-state index in [4.69, 9.17) is 0 Å². The van der Waals surface area contributed by atoms with Crippen molar-refractivity contribution in [1.29, 1.82) is 0 Å². The Morgan fingerprint density at radius 3 is 1.28 bits per heavy atom. The molecule has 0 atom stereocenters. The minimum absolute atomic E-state index is 0.535. The summed E-state index contributed by atoms with van der Waals surface area (Å²) in [4.78, 5) is 3.20. The first-order valence-corrected chi connectivity index (χ1v) is 20.2. The van der Waals surface area contributed by atoms with Crippen LogP contribution in [0.4, 0.5) is 26.3 Å². The highest BCUT2D eigenvalue weighted by Gasteiger charge is 2.81. The van der Waals surface area contributed by atoms with Crippen LogP contribution >= 0.6 is 0 Å². The number of rotatable bonds is 2. The molecule has 3 saturated heterocycles. The molecule has 0 radical (unpaired) electrons. The van der Waals surface area contributed by atoms with E-state index < -0.39 is 36.5 Å². The summed E-state index contributed by atoms with van der Waals surface area (Å²) in [6.07, 6.45) is 10.4. The lowest BCUT2D eigenvalue weighted by atomic mass is 10.2. The molecule has 2 aromatic heterocycles. The molecule has 2 aromatic carbocycles. The van der Waals surface area contributed by atoms with Gasteiger partial charge in [0.1, 0.15) is 23.0 Å². The fraction of sp³-hybridized carbons (Fsp3) is 0.448. The Morgan fingerprint density at radius 1 is 0.609 bits per heavy atom. The number of aryl methyl sites for hydroxylation is 2. The van der Waals surface area contributed by atoms with Crippen LogP contribution in [0.3, 0.4) is 0 Å². The van der Waals surface area contributed by atoms with Crippen molar-refractivity contribution in [3.05, 3.63) is 65.1 Å². The summed E-state index contributed by atoms with van der Waals surface area (Å²) in [6, 6.07) is 17.6. The van der Waals surface area contributed by atoms with Gasteiger partial charge in [-0.2, -0.15) is 26.3 Å². The number of fused-ring (bicyclic) bond motifs is 2. The van der Waals surface area contributed by atoms with Crippen molar-refractivity contribution < 1.29 is 43.2 Å². The van der Waals surface area contributed by atoms with E-state index in [1.165, 1.54) is 70.5 Å². The lowest BCUT2D eigenvalue weighted by Crippen LogP contribution is -2.64. The van der Waals surface area contributed by atoms with Gasteiger partial charge in [0.25, 0.3) is 0 Å².